The van der Waals surface area contributed by atoms with Gasteiger partial charge in [0.1, 0.15) is 12.2 Å². The molecule has 1 saturated carbocycles. The Balaban J connectivity index is 1.47. The maximum absolute atomic E-state index is 12.8. The van der Waals surface area contributed by atoms with Crippen LogP contribution in [0.5, 0.6) is 5.75 Å². The van der Waals surface area contributed by atoms with Crippen LogP contribution in [-0.2, 0) is 23.8 Å². The zero-order valence-electron chi connectivity index (χ0n) is 19.1. The first-order chi connectivity index (χ1) is 16.8. The number of hydrogen-bond donors (Lipinski definition) is 0. The van der Waals surface area contributed by atoms with Crippen molar-refractivity contribution in [2.75, 3.05) is 6.61 Å². The van der Waals surface area contributed by atoms with Crippen LogP contribution in [0.3, 0.4) is 0 Å². The Labute approximate surface area is 201 Å². The van der Waals surface area contributed by atoms with Crippen molar-refractivity contribution in [2.45, 2.75) is 50.4 Å². The van der Waals surface area contributed by atoms with Crippen LogP contribution in [0, 0.1) is 16.0 Å². The predicted molar refractivity (Wildman–Crippen MR) is 121 cm³/mol. The third kappa shape index (κ3) is 5.26. The molecule has 4 rings (SSSR count). The summed E-state index contributed by atoms with van der Waals surface area (Å²) in [7, 11) is 0. The van der Waals surface area contributed by atoms with Crippen molar-refractivity contribution in [1.29, 1.82) is 0 Å². The molecular formula is C25H25NO9. The van der Waals surface area contributed by atoms with Crippen molar-refractivity contribution in [3.05, 3.63) is 70.3 Å². The Hall–Kier alpha value is -3.95. The number of rotatable bonds is 9. The molecule has 0 N–H and O–H groups in total. The Morgan fingerprint density at radius 1 is 1.11 bits per heavy atom. The second-order valence-corrected chi connectivity index (χ2v) is 8.65. The molecule has 10 heteroatoms. The van der Waals surface area contributed by atoms with E-state index in [2.05, 4.69) is 0 Å². The number of nitro groups is 1. The van der Waals surface area contributed by atoms with Crippen LogP contribution in [0.25, 0.3) is 0 Å². The molecule has 0 amide bonds. The van der Waals surface area contributed by atoms with E-state index in [1.54, 1.807) is 42.5 Å². The molecule has 10 nitrogen and oxygen atoms in total. The molecular weight excluding hydrogens is 458 g/mol. The van der Waals surface area contributed by atoms with Gasteiger partial charge in [0.2, 0.25) is 5.60 Å². The molecule has 2 aromatic rings. The number of ether oxygens (including phenoxy) is 4. The summed E-state index contributed by atoms with van der Waals surface area (Å²) in [4.78, 5) is 47.8. The van der Waals surface area contributed by atoms with E-state index in [1.165, 1.54) is 19.1 Å². The Morgan fingerprint density at radius 2 is 1.83 bits per heavy atom. The Morgan fingerprint density at radius 3 is 2.54 bits per heavy atom. The molecule has 0 spiro atoms. The molecule has 2 fully saturated rings. The van der Waals surface area contributed by atoms with Crippen LogP contribution in [-0.4, -0.2) is 47.2 Å². The summed E-state index contributed by atoms with van der Waals surface area (Å²) < 4.78 is 22.3. The molecule has 2 aliphatic rings. The number of carbonyl (C=O) groups excluding carboxylic acids is 3. The van der Waals surface area contributed by atoms with Crippen molar-refractivity contribution in [3.8, 4) is 5.75 Å². The van der Waals surface area contributed by atoms with Gasteiger partial charge in [-0.3, -0.25) is 14.9 Å². The number of nitro benzene ring substituents is 1. The van der Waals surface area contributed by atoms with Gasteiger partial charge in [0.05, 0.1) is 17.1 Å². The van der Waals surface area contributed by atoms with Crippen molar-refractivity contribution < 1.29 is 38.3 Å². The van der Waals surface area contributed by atoms with Gasteiger partial charge in [0.25, 0.3) is 0 Å². The second-order valence-electron chi connectivity index (χ2n) is 8.65. The van der Waals surface area contributed by atoms with Crippen molar-refractivity contribution in [1.82, 2.24) is 0 Å². The first-order valence-corrected chi connectivity index (χ1v) is 11.3. The Kier molecular flexibility index (Phi) is 6.99. The average Bonchev–Trinajstić information content (AvgIpc) is 3.09. The maximum Gasteiger partial charge on any atom is 0.351 e. The van der Waals surface area contributed by atoms with Gasteiger partial charge < -0.3 is 18.9 Å². The maximum atomic E-state index is 12.8. The number of esters is 3. The zero-order valence-corrected chi connectivity index (χ0v) is 19.1. The van der Waals surface area contributed by atoms with Crippen LogP contribution in [0.1, 0.15) is 43.0 Å². The molecule has 4 atom stereocenters. The molecule has 35 heavy (non-hydrogen) atoms. The molecule has 184 valence electrons. The number of nitrogens with zero attached hydrogens (tertiary/aromatic N) is 1. The minimum absolute atomic E-state index is 0.112. The van der Waals surface area contributed by atoms with Gasteiger partial charge in [-0.05, 0) is 31.0 Å². The number of hydrogen-bond acceptors (Lipinski definition) is 9. The van der Waals surface area contributed by atoms with Crippen LogP contribution < -0.4 is 4.74 Å². The van der Waals surface area contributed by atoms with Crippen LogP contribution >= 0.6 is 0 Å². The minimum Gasteiger partial charge on any atom is -0.487 e. The van der Waals surface area contributed by atoms with Crippen molar-refractivity contribution in [2.24, 2.45) is 5.92 Å². The minimum atomic E-state index is -1.41. The molecule has 2 aromatic carbocycles. The number of fused-ring (bicyclic) bond motifs is 2. The first kappa shape index (κ1) is 24.2. The second kappa shape index (κ2) is 10.1. The largest absolute Gasteiger partial charge is 0.487 e. The zero-order chi connectivity index (χ0) is 25.0. The third-order valence-corrected chi connectivity index (χ3v) is 6.21. The van der Waals surface area contributed by atoms with Gasteiger partial charge >= 0.3 is 23.6 Å². The normalized spacial score (nSPS) is 24.8. The van der Waals surface area contributed by atoms with Gasteiger partial charge in [-0.1, -0.05) is 30.3 Å². The van der Waals surface area contributed by atoms with Crippen LogP contribution in [0.2, 0.25) is 0 Å². The Bertz CT molecular complexity index is 1120. The van der Waals surface area contributed by atoms with Crippen molar-refractivity contribution in [3.63, 3.8) is 0 Å². The molecule has 1 aliphatic heterocycles. The van der Waals surface area contributed by atoms with Crippen molar-refractivity contribution >= 4 is 23.6 Å². The van der Waals surface area contributed by atoms with E-state index in [4.69, 9.17) is 18.9 Å². The van der Waals surface area contributed by atoms with Gasteiger partial charge in [0.15, 0.2) is 5.75 Å². The highest BCUT2D eigenvalue weighted by Crippen LogP contribution is 2.46. The molecule has 0 radical (unpaired) electrons. The summed E-state index contributed by atoms with van der Waals surface area (Å²) in [5, 5.41) is 11.2. The van der Waals surface area contributed by atoms with E-state index < -0.39 is 40.6 Å². The van der Waals surface area contributed by atoms with Gasteiger partial charge in [-0.2, -0.15) is 0 Å². The summed E-state index contributed by atoms with van der Waals surface area (Å²) in [6.45, 7) is 1.40. The topological polar surface area (TPSA) is 131 Å². The summed E-state index contributed by atoms with van der Waals surface area (Å²) in [5.74, 6) is -1.98. The fourth-order valence-electron chi connectivity index (χ4n) is 4.75. The number of para-hydroxylation sites is 2. The summed E-state index contributed by atoms with van der Waals surface area (Å²) in [6, 6.07) is 14.6. The standard InChI is InChI=1S/C25H25NO9/c1-16(27)35-25-14-18(10-7-13-32-20-12-6-5-11-19(20)26(30)31)22(21(15-25)33-24(25)29)34-23(28)17-8-3-2-4-9-17/h2-6,8-9,11-12,18,21-22H,7,10,13-15H2,1H3/t18-,21+,22+,25-/m0/s1. The van der Waals surface area contributed by atoms with Crippen LogP contribution in [0.4, 0.5) is 5.69 Å². The quantitative estimate of drug-likeness (QED) is 0.172. The molecule has 2 bridgehead atoms. The molecule has 1 saturated heterocycles. The average molecular weight is 483 g/mol. The van der Waals surface area contributed by atoms with E-state index in [-0.39, 0.29) is 36.8 Å². The lowest BCUT2D eigenvalue weighted by molar-refractivity contribution is -0.385. The van der Waals surface area contributed by atoms with E-state index in [0.717, 1.165) is 0 Å². The summed E-state index contributed by atoms with van der Waals surface area (Å²) >= 11 is 0. The summed E-state index contributed by atoms with van der Waals surface area (Å²) in [6.07, 6.45) is -0.327. The monoisotopic (exact) mass is 483 g/mol. The number of carbonyl (C=O) groups is 3. The lowest BCUT2D eigenvalue weighted by Gasteiger charge is -2.38. The van der Waals surface area contributed by atoms with Gasteiger partial charge in [-0.25, -0.2) is 9.59 Å². The molecule has 0 unspecified atom stereocenters. The van der Waals surface area contributed by atoms with Gasteiger partial charge in [-0.15, -0.1) is 0 Å². The summed E-state index contributed by atoms with van der Waals surface area (Å²) in [5.41, 5.74) is -1.17. The number of benzene rings is 2. The lowest BCUT2D eigenvalue weighted by Crippen LogP contribution is -2.49. The molecule has 1 heterocycles. The van der Waals surface area contributed by atoms with E-state index in [0.29, 0.717) is 18.4 Å². The third-order valence-electron chi connectivity index (χ3n) is 6.21. The van der Waals surface area contributed by atoms with E-state index in [1.807, 2.05) is 0 Å². The predicted octanol–water partition coefficient (Wildman–Crippen LogP) is 3.62. The lowest BCUT2D eigenvalue weighted by atomic mass is 9.74. The van der Waals surface area contributed by atoms with Gasteiger partial charge in [0, 0.05) is 31.7 Å². The molecule has 1 aliphatic carbocycles. The van der Waals surface area contributed by atoms with E-state index >= 15 is 0 Å². The van der Waals surface area contributed by atoms with Crippen LogP contribution in [0.15, 0.2) is 54.6 Å². The highest BCUT2D eigenvalue weighted by atomic mass is 16.6. The van der Waals surface area contributed by atoms with E-state index in [9.17, 15) is 24.5 Å². The SMILES string of the molecule is CC(=O)O[C@@]12C[C@H](CCCOc3ccccc3[N+](=O)[O-])[C@@H](OC(=O)c3ccccc3)[C@@H](C1)OC2=O. The fraction of sp³-hybridized carbons (Fsp3) is 0.400. The molecule has 0 aromatic heterocycles. The highest BCUT2D eigenvalue weighted by molar-refractivity contribution is 5.90. The fourth-order valence-corrected chi connectivity index (χ4v) is 4.75. The smallest absolute Gasteiger partial charge is 0.351 e. The highest BCUT2D eigenvalue weighted by Gasteiger charge is 2.61. The first-order valence-electron chi connectivity index (χ1n) is 11.3.